The van der Waals surface area contributed by atoms with Gasteiger partial charge in [-0.1, -0.05) is 82.9 Å². The molecule has 15 heteroatoms. The fourth-order valence-electron chi connectivity index (χ4n) is 6.05. The Balaban J connectivity index is 0.000000377. The molecule has 0 spiro atoms. The van der Waals surface area contributed by atoms with Crippen molar-refractivity contribution in [3.63, 3.8) is 0 Å². The lowest BCUT2D eigenvalue weighted by molar-refractivity contribution is 0.181. The Labute approximate surface area is 408 Å². The standard InChI is InChI=1S/2C8H10.C7H9N.C6H14N2.C6H13N.C5H8N2.C5H7NS.C4H7N3.C3H6N4/c1-7-3-5-8(2)6-4-7;1-7-4-3-5-8(2)6-7;1-6-3-4-8-7(2)5-6;1-7-3-5-8(2)6-4-7;1-6-3-4-7(2)5-6;1-5-3-6-7(2)4-5;1-4-3-7-5(2)6-4;1-4-3-7(2)6-5-4;1-3-4-6-7(2)5-3/h2*3-6H,1-2H3;3-5H,1-2H3;3-6H2,1-2H3;6H,3-5H2,1-2H3;3-4H,1-2H3;2*3H,1-2H3;1-2H3. The number of rotatable bonds is 0. The lowest BCUT2D eigenvalue weighted by atomic mass is 10.2. The lowest BCUT2D eigenvalue weighted by Gasteiger charge is -2.28. The molecule has 9 rings (SSSR count). The third-order valence-electron chi connectivity index (χ3n) is 9.69. The molecule has 7 heterocycles. The minimum Gasteiger partial charge on any atom is -0.306 e. The number of tetrazole rings is 1. The quantitative estimate of drug-likeness (QED) is 0.144. The summed E-state index contributed by atoms with van der Waals surface area (Å²) in [6.45, 7) is 32.1. The molecule has 0 bridgehead atoms. The van der Waals surface area contributed by atoms with E-state index in [-0.39, 0.29) is 0 Å². The summed E-state index contributed by atoms with van der Waals surface area (Å²) in [6, 6.07) is 21.0. The van der Waals surface area contributed by atoms with Gasteiger partial charge >= 0.3 is 0 Å². The maximum atomic E-state index is 4.13. The highest BCUT2D eigenvalue weighted by atomic mass is 32.1. The van der Waals surface area contributed by atoms with Crippen LogP contribution in [0.25, 0.3) is 0 Å². The van der Waals surface area contributed by atoms with E-state index in [9.17, 15) is 0 Å². The highest BCUT2D eigenvalue weighted by molar-refractivity contribution is 7.09. The summed E-state index contributed by atoms with van der Waals surface area (Å²) in [5, 5.41) is 25.5. The van der Waals surface area contributed by atoms with Crippen molar-refractivity contribution in [1.82, 2.24) is 69.6 Å². The maximum absolute atomic E-state index is 4.13. The number of pyridine rings is 1. The minimum absolute atomic E-state index is 0.711. The van der Waals surface area contributed by atoms with Gasteiger partial charge in [-0.05, 0) is 145 Å². The first-order valence-electron chi connectivity index (χ1n) is 23.0. The second-order valence-corrected chi connectivity index (χ2v) is 18.7. The van der Waals surface area contributed by atoms with Gasteiger partial charge in [0, 0.05) is 82.2 Å². The number of aromatic nitrogens is 11. The van der Waals surface area contributed by atoms with Gasteiger partial charge in [-0.15, -0.1) is 26.6 Å². The van der Waals surface area contributed by atoms with E-state index < -0.39 is 0 Å². The number of likely N-dealkylation sites (tertiary alicyclic amines) is 1. The van der Waals surface area contributed by atoms with Crippen LogP contribution in [0.2, 0.25) is 0 Å². The fraction of sp³-hybridized carbons (Fsp3) is 0.500. The summed E-state index contributed by atoms with van der Waals surface area (Å²) in [4.78, 5) is 16.7. The van der Waals surface area contributed by atoms with E-state index in [0.717, 1.165) is 28.0 Å². The largest absolute Gasteiger partial charge is 0.306 e. The zero-order valence-electron chi connectivity index (χ0n) is 44.4. The van der Waals surface area contributed by atoms with Gasteiger partial charge in [0.2, 0.25) is 0 Å². The molecule has 2 aliphatic rings. The smallest absolute Gasteiger partial charge is 0.171 e. The molecule has 0 saturated carbocycles. The van der Waals surface area contributed by atoms with Gasteiger partial charge < -0.3 is 14.7 Å². The molecule has 14 nitrogen and oxygen atoms in total. The van der Waals surface area contributed by atoms with Gasteiger partial charge in [-0.2, -0.15) is 9.90 Å². The molecule has 368 valence electrons. The number of benzene rings is 2. The number of piperazine rings is 1. The second kappa shape index (κ2) is 33.9. The van der Waals surface area contributed by atoms with Crippen LogP contribution in [0, 0.1) is 82.1 Å². The zero-order valence-corrected chi connectivity index (χ0v) is 45.2. The third-order valence-corrected chi connectivity index (χ3v) is 10.6. The van der Waals surface area contributed by atoms with Gasteiger partial charge in [0.15, 0.2) is 5.82 Å². The van der Waals surface area contributed by atoms with Crippen LogP contribution in [0.1, 0.15) is 74.6 Å². The highest BCUT2D eigenvalue weighted by Gasteiger charge is 2.13. The molecule has 0 amide bonds. The molecule has 0 N–H and O–H groups in total. The molecule has 0 aliphatic carbocycles. The summed E-state index contributed by atoms with van der Waals surface area (Å²) in [5.41, 5.74) is 11.0. The fourth-order valence-corrected chi connectivity index (χ4v) is 6.64. The van der Waals surface area contributed by atoms with Crippen LogP contribution >= 0.6 is 11.3 Å². The van der Waals surface area contributed by atoms with Crippen molar-refractivity contribution in [3.8, 4) is 0 Å². The molecule has 2 aliphatic heterocycles. The van der Waals surface area contributed by atoms with Gasteiger partial charge in [-0.25, -0.2) is 4.98 Å². The highest BCUT2D eigenvalue weighted by Crippen LogP contribution is 2.11. The molecular formula is C52H84N14S. The zero-order chi connectivity index (χ0) is 50.3. The summed E-state index contributed by atoms with van der Waals surface area (Å²) < 4.78 is 3.46. The average molecular weight is 937 g/mol. The van der Waals surface area contributed by atoms with Gasteiger partial charge in [0.1, 0.15) is 0 Å². The van der Waals surface area contributed by atoms with Crippen LogP contribution in [0.4, 0.5) is 0 Å². The first-order chi connectivity index (χ1) is 31.6. The Hall–Kier alpha value is -5.48. The topological polar surface area (TPSA) is 128 Å². The average Bonchev–Trinajstić information content (AvgIpc) is 4.11. The Bertz CT molecular complexity index is 1950. The number of likely N-dealkylation sites (N-methyl/N-ethyl adjacent to an activating group) is 2. The maximum Gasteiger partial charge on any atom is 0.171 e. The first kappa shape index (κ1) is 59.5. The van der Waals surface area contributed by atoms with Crippen molar-refractivity contribution < 1.29 is 0 Å². The summed E-state index contributed by atoms with van der Waals surface area (Å²) in [5.74, 6) is 1.66. The van der Waals surface area contributed by atoms with Crippen molar-refractivity contribution in [2.75, 3.05) is 60.4 Å². The molecule has 67 heavy (non-hydrogen) atoms. The van der Waals surface area contributed by atoms with Crippen LogP contribution in [-0.2, 0) is 21.1 Å². The Morgan fingerprint density at radius 1 is 0.537 bits per heavy atom. The molecule has 2 fully saturated rings. The summed E-state index contributed by atoms with van der Waals surface area (Å²) in [6.07, 6.45) is 8.89. The van der Waals surface area contributed by atoms with E-state index in [2.05, 4.69) is 178 Å². The third kappa shape index (κ3) is 32.8. The monoisotopic (exact) mass is 937 g/mol. The van der Waals surface area contributed by atoms with Gasteiger partial charge in [0.05, 0.1) is 23.9 Å². The Morgan fingerprint density at radius 2 is 1.10 bits per heavy atom. The molecular weight excluding hydrogens is 853 g/mol. The Kier molecular flexibility index (Phi) is 30.1. The van der Waals surface area contributed by atoms with Crippen LogP contribution in [0.15, 0.2) is 90.8 Å². The van der Waals surface area contributed by atoms with Crippen molar-refractivity contribution in [2.45, 2.75) is 89.5 Å². The molecule has 7 aromatic rings. The molecule has 2 saturated heterocycles. The minimum atomic E-state index is 0.711. The van der Waals surface area contributed by atoms with E-state index in [1.165, 1.54) is 83.9 Å². The van der Waals surface area contributed by atoms with E-state index >= 15 is 0 Å². The predicted octanol–water partition coefficient (Wildman–Crippen LogP) is 9.26. The van der Waals surface area contributed by atoms with Crippen molar-refractivity contribution in [2.24, 2.45) is 27.1 Å². The predicted molar refractivity (Wildman–Crippen MR) is 281 cm³/mol. The number of hydrogen-bond acceptors (Lipinski definition) is 12. The SMILES string of the molecule is CC1CCN(C)C1.CN1CCN(C)CC1.Cc1ccc(C)cc1.Cc1cccc(C)c1.Cc1ccnc(C)c1.Cc1cn(C)nn1.Cc1cnn(C)c1.Cc1csc(C)n1.Cc1nnn(C)n1. The van der Waals surface area contributed by atoms with Crippen LogP contribution in [0.5, 0.6) is 0 Å². The van der Waals surface area contributed by atoms with Gasteiger partial charge in [-0.3, -0.25) is 14.3 Å². The van der Waals surface area contributed by atoms with E-state index in [4.69, 9.17) is 0 Å². The molecule has 1 atom stereocenters. The number of thiazole rings is 1. The van der Waals surface area contributed by atoms with E-state index in [1.54, 1.807) is 34.7 Å². The summed E-state index contributed by atoms with van der Waals surface area (Å²) in [7, 11) is 12.0. The van der Waals surface area contributed by atoms with Gasteiger partial charge in [0.25, 0.3) is 0 Å². The van der Waals surface area contributed by atoms with Crippen molar-refractivity contribution in [1.29, 1.82) is 0 Å². The molecule has 5 aromatic heterocycles. The lowest BCUT2D eigenvalue weighted by Crippen LogP contribution is -2.42. The van der Waals surface area contributed by atoms with Crippen LogP contribution < -0.4 is 0 Å². The molecule has 2 aromatic carbocycles. The van der Waals surface area contributed by atoms with E-state index in [1.807, 2.05) is 79.6 Å². The van der Waals surface area contributed by atoms with E-state index in [0.29, 0.717) is 5.82 Å². The van der Waals surface area contributed by atoms with Crippen molar-refractivity contribution >= 4 is 11.3 Å². The number of hydrogen-bond donors (Lipinski definition) is 0. The normalized spacial score (nSPS) is 14.0. The number of nitrogens with zero attached hydrogens (tertiary/aromatic N) is 14. The van der Waals surface area contributed by atoms with Crippen LogP contribution in [0.3, 0.4) is 0 Å². The van der Waals surface area contributed by atoms with Crippen LogP contribution in [-0.4, -0.2) is 130 Å². The first-order valence-corrected chi connectivity index (χ1v) is 23.9. The Morgan fingerprint density at radius 3 is 1.31 bits per heavy atom. The molecule has 1 unspecified atom stereocenters. The molecule has 0 radical (unpaired) electrons. The van der Waals surface area contributed by atoms with Crippen molar-refractivity contribution in [3.05, 3.63) is 152 Å². The second-order valence-electron chi connectivity index (χ2n) is 17.6. The summed E-state index contributed by atoms with van der Waals surface area (Å²) >= 11 is 1.69. The number of aryl methyl sites for hydroxylation is 14.